The van der Waals surface area contributed by atoms with Crippen molar-refractivity contribution < 1.29 is 9.90 Å². The monoisotopic (exact) mass is 616 g/mol. The highest BCUT2D eigenvalue weighted by Gasteiger charge is 2.12. The Labute approximate surface area is 189 Å². The second-order valence-electron chi connectivity index (χ2n) is 5.64. The number of carbonyl (C=O) groups is 1. The molecule has 0 unspecified atom stereocenters. The van der Waals surface area contributed by atoms with Gasteiger partial charge in [0, 0.05) is 14.5 Å². The van der Waals surface area contributed by atoms with E-state index < -0.39 is 0 Å². The number of phenolic OH excluding ortho intramolecular Hbond substituents is 1. The van der Waals surface area contributed by atoms with Crippen LogP contribution in [0.15, 0.2) is 65.5 Å². The van der Waals surface area contributed by atoms with Crippen molar-refractivity contribution in [3.05, 3.63) is 71.5 Å². The van der Waals surface area contributed by atoms with Crippen LogP contribution in [0.5, 0.6) is 5.75 Å². The van der Waals surface area contributed by atoms with Gasteiger partial charge >= 0.3 is 0 Å². The molecule has 3 aromatic rings. The maximum Gasteiger partial charge on any atom is 0.244 e. The van der Waals surface area contributed by atoms with Crippen LogP contribution < -0.4 is 5.43 Å². The standard InChI is InChI=1S/C19H12Br4N2O2/c20-14-6-5-10(11-3-1-2-4-12(11)14)7-17(26)25-24-9-13-15(21)8-16(22)19(27)18(13)23/h1-6,8-9,27H,7H2,(H,25,26). The average Bonchev–Trinajstić information content (AvgIpc) is 2.65. The lowest BCUT2D eigenvalue weighted by molar-refractivity contribution is -0.120. The molecule has 0 aliphatic rings. The van der Waals surface area contributed by atoms with Crippen LogP contribution in [0.1, 0.15) is 11.1 Å². The zero-order valence-corrected chi connectivity index (χ0v) is 20.0. The third kappa shape index (κ3) is 4.62. The highest BCUT2D eigenvalue weighted by molar-refractivity contribution is 9.11. The Kier molecular flexibility index (Phi) is 6.73. The number of carbonyl (C=O) groups excluding carboxylic acids is 1. The number of hydrogen-bond acceptors (Lipinski definition) is 3. The SMILES string of the molecule is O=C(Cc1ccc(Br)c2ccccc12)NN=Cc1c(Br)cc(Br)c(O)c1Br. The summed E-state index contributed by atoms with van der Waals surface area (Å²) in [7, 11) is 0. The normalized spacial score (nSPS) is 11.3. The molecular formula is C19H12Br4N2O2. The van der Waals surface area contributed by atoms with Gasteiger partial charge in [-0.05, 0) is 60.3 Å². The first-order valence-corrected chi connectivity index (χ1v) is 10.9. The van der Waals surface area contributed by atoms with Crippen LogP contribution in [0.2, 0.25) is 0 Å². The van der Waals surface area contributed by atoms with Crippen molar-refractivity contribution in [2.24, 2.45) is 5.10 Å². The van der Waals surface area contributed by atoms with Gasteiger partial charge in [-0.3, -0.25) is 4.79 Å². The van der Waals surface area contributed by atoms with Gasteiger partial charge in [-0.15, -0.1) is 0 Å². The van der Waals surface area contributed by atoms with Gasteiger partial charge in [-0.2, -0.15) is 5.10 Å². The van der Waals surface area contributed by atoms with E-state index in [1.54, 1.807) is 6.07 Å². The van der Waals surface area contributed by atoms with E-state index in [4.69, 9.17) is 0 Å². The van der Waals surface area contributed by atoms with Crippen LogP contribution >= 0.6 is 63.7 Å². The molecule has 0 radical (unpaired) electrons. The summed E-state index contributed by atoms with van der Waals surface area (Å²) in [5.74, 6) is -0.167. The van der Waals surface area contributed by atoms with Gasteiger partial charge in [-0.25, -0.2) is 5.43 Å². The molecule has 3 rings (SSSR count). The van der Waals surface area contributed by atoms with Crippen molar-refractivity contribution in [3.8, 4) is 5.75 Å². The molecule has 0 heterocycles. The number of halogens is 4. The molecule has 0 atom stereocenters. The van der Waals surface area contributed by atoms with E-state index in [1.807, 2.05) is 36.4 Å². The number of benzene rings is 3. The number of rotatable bonds is 4. The van der Waals surface area contributed by atoms with Crippen LogP contribution in [0, 0.1) is 0 Å². The molecule has 0 bridgehead atoms. The molecule has 0 saturated heterocycles. The average molecular weight is 620 g/mol. The Balaban J connectivity index is 1.76. The van der Waals surface area contributed by atoms with E-state index in [9.17, 15) is 9.90 Å². The summed E-state index contributed by atoms with van der Waals surface area (Å²) in [5, 5.41) is 16.1. The number of phenols is 1. The third-order valence-corrected chi connectivity index (χ3v) is 6.63. The lowest BCUT2D eigenvalue weighted by Crippen LogP contribution is -2.20. The molecule has 0 aromatic heterocycles. The molecule has 27 heavy (non-hydrogen) atoms. The number of fused-ring (bicyclic) bond motifs is 1. The fourth-order valence-corrected chi connectivity index (χ4v) is 5.38. The van der Waals surface area contributed by atoms with Crippen LogP contribution in [0.25, 0.3) is 10.8 Å². The first-order chi connectivity index (χ1) is 12.9. The molecule has 0 spiro atoms. The summed E-state index contributed by atoms with van der Waals surface area (Å²) in [6, 6.07) is 13.5. The topological polar surface area (TPSA) is 61.7 Å². The Morgan fingerprint density at radius 2 is 1.70 bits per heavy atom. The lowest BCUT2D eigenvalue weighted by Gasteiger charge is -2.08. The van der Waals surface area contributed by atoms with Crippen LogP contribution in [0.3, 0.4) is 0 Å². The second-order valence-corrected chi connectivity index (χ2v) is 8.99. The third-order valence-electron chi connectivity index (χ3n) is 3.88. The second kappa shape index (κ2) is 8.86. The van der Waals surface area contributed by atoms with Gasteiger partial charge in [0.15, 0.2) is 0 Å². The molecule has 1 amide bonds. The van der Waals surface area contributed by atoms with Crippen molar-refractivity contribution in [2.45, 2.75) is 6.42 Å². The molecular weight excluding hydrogens is 608 g/mol. The zero-order chi connectivity index (χ0) is 19.6. The number of nitrogens with zero attached hydrogens (tertiary/aromatic N) is 1. The largest absolute Gasteiger partial charge is 0.506 e. The van der Waals surface area contributed by atoms with E-state index >= 15 is 0 Å². The van der Waals surface area contributed by atoms with E-state index in [2.05, 4.69) is 74.2 Å². The van der Waals surface area contributed by atoms with Crippen molar-refractivity contribution in [1.82, 2.24) is 5.43 Å². The fraction of sp³-hybridized carbons (Fsp3) is 0.0526. The predicted octanol–water partition coefficient (Wildman–Crippen LogP) is 6.29. The van der Waals surface area contributed by atoms with Gasteiger partial charge in [0.25, 0.3) is 0 Å². The van der Waals surface area contributed by atoms with Crippen molar-refractivity contribution in [2.75, 3.05) is 0 Å². The first kappa shape index (κ1) is 20.5. The van der Waals surface area contributed by atoms with Gasteiger partial charge in [0.1, 0.15) is 5.75 Å². The molecule has 8 heteroatoms. The fourth-order valence-electron chi connectivity index (χ4n) is 2.57. The first-order valence-electron chi connectivity index (χ1n) is 7.73. The number of hydrogen-bond donors (Lipinski definition) is 2. The number of amides is 1. The van der Waals surface area contributed by atoms with Crippen LogP contribution in [-0.2, 0) is 11.2 Å². The van der Waals surface area contributed by atoms with Gasteiger partial charge in [0.05, 0.1) is 21.6 Å². The number of nitrogens with one attached hydrogen (secondary N) is 1. The summed E-state index contributed by atoms with van der Waals surface area (Å²) >= 11 is 13.5. The molecule has 138 valence electrons. The Bertz CT molecular complexity index is 1070. The van der Waals surface area contributed by atoms with Crippen molar-refractivity contribution >= 4 is 86.6 Å². The minimum Gasteiger partial charge on any atom is -0.506 e. The lowest BCUT2D eigenvalue weighted by atomic mass is 10.0. The number of aromatic hydroxyl groups is 1. The van der Waals surface area contributed by atoms with Gasteiger partial charge < -0.3 is 5.11 Å². The maximum atomic E-state index is 12.3. The minimum absolute atomic E-state index is 0.0623. The van der Waals surface area contributed by atoms with E-state index in [0.29, 0.717) is 14.5 Å². The van der Waals surface area contributed by atoms with E-state index in [-0.39, 0.29) is 18.1 Å². The molecule has 0 saturated carbocycles. The van der Waals surface area contributed by atoms with Crippen LogP contribution in [0.4, 0.5) is 0 Å². The summed E-state index contributed by atoms with van der Waals surface area (Å²) in [6.45, 7) is 0. The van der Waals surface area contributed by atoms with E-state index in [1.165, 1.54) is 6.21 Å². The predicted molar refractivity (Wildman–Crippen MR) is 122 cm³/mol. The summed E-state index contributed by atoms with van der Waals surface area (Å²) < 4.78 is 2.73. The molecule has 0 fully saturated rings. The Hall–Kier alpha value is -1.22. The highest BCUT2D eigenvalue weighted by atomic mass is 79.9. The summed E-state index contributed by atoms with van der Waals surface area (Å²) in [5.41, 5.74) is 4.07. The summed E-state index contributed by atoms with van der Waals surface area (Å²) in [4.78, 5) is 12.3. The highest BCUT2D eigenvalue weighted by Crippen LogP contribution is 2.38. The molecule has 0 aliphatic carbocycles. The van der Waals surface area contributed by atoms with Crippen molar-refractivity contribution in [1.29, 1.82) is 0 Å². The zero-order valence-electron chi connectivity index (χ0n) is 13.6. The number of hydrazone groups is 1. The molecule has 0 aliphatic heterocycles. The molecule has 4 nitrogen and oxygen atoms in total. The maximum absolute atomic E-state index is 12.3. The molecule has 3 aromatic carbocycles. The Morgan fingerprint density at radius 1 is 1.00 bits per heavy atom. The van der Waals surface area contributed by atoms with E-state index in [0.717, 1.165) is 25.3 Å². The quantitative estimate of drug-likeness (QED) is 0.267. The van der Waals surface area contributed by atoms with Crippen LogP contribution in [-0.4, -0.2) is 17.2 Å². The van der Waals surface area contributed by atoms with Gasteiger partial charge in [0.2, 0.25) is 5.91 Å². The van der Waals surface area contributed by atoms with Crippen molar-refractivity contribution in [3.63, 3.8) is 0 Å². The molecule has 2 N–H and O–H groups in total. The van der Waals surface area contributed by atoms with Gasteiger partial charge in [-0.1, -0.05) is 62.2 Å². The summed E-state index contributed by atoms with van der Waals surface area (Å²) in [6.07, 6.45) is 1.68. The smallest absolute Gasteiger partial charge is 0.244 e. The minimum atomic E-state index is -0.229. The Morgan fingerprint density at radius 3 is 2.44 bits per heavy atom.